The highest BCUT2D eigenvalue weighted by molar-refractivity contribution is 9.10. The molecule has 0 fully saturated rings. The summed E-state index contributed by atoms with van der Waals surface area (Å²) in [6, 6.07) is 6.64. The summed E-state index contributed by atoms with van der Waals surface area (Å²) in [5.41, 5.74) is 1.86. The van der Waals surface area contributed by atoms with Crippen LogP contribution in [0.25, 0.3) is 0 Å². The molecule has 0 saturated carbocycles. The lowest BCUT2D eigenvalue weighted by molar-refractivity contribution is -0.143. The number of halogens is 1. The highest BCUT2D eigenvalue weighted by Gasteiger charge is 2.34. The fraction of sp³-hybridized carbons (Fsp3) is 0.375. The van der Waals surface area contributed by atoms with E-state index in [1.807, 2.05) is 31.2 Å². The summed E-state index contributed by atoms with van der Waals surface area (Å²) in [4.78, 5) is 24.4. The van der Waals surface area contributed by atoms with Crippen molar-refractivity contribution in [2.45, 2.75) is 39.3 Å². The molecule has 1 unspecified atom stereocenters. The predicted molar refractivity (Wildman–Crippen MR) is 87.1 cm³/mol. The highest BCUT2D eigenvalue weighted by Crippen LogP contribution is 2.33. The minimum absolute atomic E-state index is 0.226. The van der Waals surface area contributed by atoms with Gasteiger partial charge in [-0.1, -0.05) is 41.1 Å². The Kier molecular flexibility index (Phi) is 5.24. The number of rotatable bonds is 4. The van der Waals surface area contributed by atoms with Gasteiger partial charge in [0.15, 0.2) is 0 Å². The number of hydrogen-bond acceptors (Lipinski definition) is 3. The van der Waals surface area contributed by atoms with Crippen molar-refractivity contribution in [1.29, 1.82) is 0 Å². The van der Waals surface area contributed by atoms with E-state index in [0.29, 0.717) is 17.7 Å². The number of carbonyl (C=O) groups is 2. The Morgan fingerprint density at radius 3 is 2.64 bits per heavy atom. The van der Waals surface area contributed by atoms with Crippen molar-refractivity contribution in [3.05, 3.63) is 45.6 Å². The second-order valence-corrected chi connectivity index (χ2v) is 6.11. The first-order valence-corrected chi connectivity index (χ1v) is 7.99. The van der Waals surface area contributed by atoms with Gasteiger partial charge in [-0.15, -0.1) is 0 Å². The monoisotopic (exact) mass is 366 g/mol. The minimum atomic E-state index is -0.537. The number of hydrogen-bond donors (Lipinski definition) is 2. The average molecular weight is 367 g/mol. The molecule has 1 aromatic rings. The fourth-order valence-corrected chi connectivity index (χ4v) is 2.87. The lowest BCUT2D eigenvalue weighted by atomic mass is 9.94. The first-order valence-electron chi connectivity index (χ1n) is 7.20. The number of carbonyl (C=O) groups excluding carboxylic acids is 2. The number of nitrogens with one attached hydrogen (secondary N) is 2. The van der Waals surface area contributed by atoms with Gasteiger partial charge in [0.05, 0.1) is 17.7 Å². The van der Waals surface area contributed by atoms with Crippen molar-refractivity contribution in [1.82, 2.24) is 10.6 Å². The molecule has 1 heterocycles. The topological polar surface area (TPSA) is 67.4 Å². The van der Waals surface area contributed by atoms with Crippen LogP contribution in [-0.4, -0.2) is 18.1 Å². The number of ether oxygens (including phenoxy) is 1. The van der Waals surface area contributed by atoms with Crippen LogP contribution in [0.1, 0.15) is 38.8 Å². The Labute approximate surface area is 138 Å². The molecule has 0 bridgehead atoms. The standard InChI is InChI=1S/C16H19BrN2O3/c1-4-12-13(15(20)22-9(2)3)14(19-16(21)18-12)10-7-5-6-8-11(10)17/h5-9,14H,4H2,1-3H3,(H2,18,19,21). The summed E-state index contributed by atoms with van der Waals surface area (Å²) in [5, 5.41) is 5.51. The third kappa shape index (κ3) is 3.50. The SMILES string of the molecule is CCC1=C(C(=O)OC(C)C)C(c2ccccc2Br)NC(=O)N1. The third-order valence-corrected chi connectivity index (χ3v) is 4.01. The zero-order valence-electron chi connectivity index (χ0n) is 12.8. The van der Waals surface area contributed by atoms with Crippen molar-refractivity contribution in [3.63, 3.8) is 0 Å². The molecule has 6 heteroatoms. The Balaban J connectivity index is 2.51. The maximum atomic E-state index is 12.5. The van der Waals surface area contributed by atoms with Gasteiger partial charge in [0.2, 0.25) is 0 Å². The molecule has 22 heavy (non-hydrogen) atoms. The van der Waals surface area contributed by atoms with Gasteiger partial charge in [0.1, 0.15) is 0 Å². The Morgan fingerprint density at radius 2 is 2.05 bits per heavy atom. The molecule has 0 spiro atoms. The average Bonchev–Trinajstić information content (AvgIpc) is 2.45. The number of allylic oxidation sites excluding steroid dienone is 1. The van der Waals surface area contributed by atoms with Gasteiger partial charge in [-0.2, -0.15) is 0 Å². The first-order chi connectivity index (χ1) is 10.4. The first kappa shape index (κ1) is 16.5. The van der Waals surface area contributed by atoms with Crippen LogP contribution in [0.4, 0.5) is 4.79 Å². The maximum Gasteiger partial charge on any atom is 0.338 e. The molecule has 0 aromatic heterocycles. The fourth-order valence-electron chi connectivity index (χ4n) is 2.36. The van der Waals surface area contributed by atoms with Gasteiger partial charge in [-0.05, 0) is 31.9 Å². The van der Waals surface area contributed by atoms with Crippen LogP contribution >= 0.6 is 15.9 Å². The van der Waals surface area contributed by atoms with Gasteiger partial charge in [-0.25, -0.2) is 9.59 Å². The van der Waals surface area contributed by atoms with Gasteiger partial charge in [-0.3, -0.25) is 0 Å². The summed E-state index contributed by atoms with van der Waals surface area (Å²) in [5.74, 6) is -0.417. The molecule has 2 N–H and O–H groups in total. The number of esters is 1. The zero-order valence-corrected chi connectivity index (χ0v) is 14.4. The van der Waals surface area contributed by atoms with Crippen LogP contribution in [0.2, 0.25) is 0 Å². The molecule has 0 saturated heterocycles. The van der Waals surface area contributed by atoms with Crippen LogP contribution in [0.5, 0.6) is 0 Å². The lowest BCUT2D eigenvalue weighted by Gasteiger charge is -2.30. The summed E-state index contributed by atoms with van der Waals surface area (Å²) in [6.07, 6.45) is 0.312. The predicted octanol–water partition coefficient (Wildman–Crippen LogP) is 3.42. The summed E-state index contributed by atoms with van der Waals surface area (Å²) >= 11 is 3.47. The number of amides is 2. The second kappa shape index (κ2) is 6.96. The molecule has 1 atom stereocenters. The molecule has 2 rings (SSSR count). The largest absolute Gasteiger partial charge is 0.459 e. The third-order valence-electron chi connectivity index (χ3n) is 3.29. The van der Waals surface area contributed by atoms with Gasteiger partial charge in [0.25, 0.3) is 0 Å². The van der Waals surface area contributed by atoms with Crippen molar-refractivity contribution >= 4 is 27.9 Å². The summed E-state index contributed by atoms with van der Waals surface area (Å²) in [7, 11) is 0. The number of benzene rings is 1. The highest BCUT2D eigenvalue weighted by atomic mass is 79.9. The van der Waals surface area contributed by atoms with Gasteiger partial charge in [0, 0.05) is 10.2 Å². The molecule has 0 radical (unpaired) electrons. The van der Waals surface area contributed by atoms with E-state index in [4.69, 9.17) is 4.74 Å². The van der Waals surface area contributed by atoms with Crippen LogP contribution < -0.4 is 10.6 Å². The molecule has 118 valence electrons. The van der Waals surface area contributed by atoms with Crippen LogP contribution in [0.15, 0.2) is 40.0 Å². The lowest BCUT2D eigenvalue weighted by Crippen LogP contribution is -2.46. The quantitative estimate of drug-likeness (QED) is 0.802. The normalized spacial score (nSPS) is 18.0. The van der Waals surface area contributed by atoms with Crippen molar-refractivity contribution in [2.75, 3.05) is 0 Å². The van der Waals surface area contributed by atoms with E-state index in [9.17, 15) is 9.59 Å². The van der Waals surface area contributed by atoms with Crippen LogP contribution in [0, 0.1) is 0 Å². The van der Waals surface area contributed by atoms with E-state index >= 15 is 0 Å². The minimum Gasteiger partial charge on any atom is -0.459 e. The van der Waals surface area contributed by atoms with Gasteiger partial charge < -0.3 is 15.4 Å². The number of urea groups is 1. The molecule has 5 nitrogen and oxygen atoms in total. The maximum absolute atomic E-state index is 12.5. The second-order valence-electron chi connectivity index (χ2n) is 5.25. The smallest absolute Gasteiger partial charge is 0.338 e. The zero-order chi connectivity index (χ0) is 16.3. The van der Waals surface area contributed by atoms with Crippen molar-refractivity contribution < 1.29 is 14.3 Å². The van der Waals surface area contributed by atoms with Gasteiger partial charge >= 0.3 is 12.0 Å². The molecule has 1 aliphatic heterocycles. The van der Waals surface area contributed by atoms with Crippen LogP contribution in [-0.2, 0) is 9.53 Å². The summed E-state index contributed by atoms with van der Waals surface area (Å²) in [6.45, 7) is 5.49. The molecule has 2 amide bonds. The molecule has 0 aliphatic carbocycles. The van der Waals surface area contributed by atoms with E-state index < -0.39 is 12.0 Å². The van der Waals surface area contributed by atoms with Crippen LogP contribution in [0.3, 0.4) is 0 Å². The molecular weight excluding hydrogens is 348 g/mol. The van der Waals surface area contributed by atoms with Crippen molar-refractivity contribution in [2.24, 2.45) is 0 Å². The molecule has 1 aliphatic rings. The van der Waals surface area contributed by atoms with E-state index in [2.05, 4.69) is 26.6 Å². The van der Waals surface area contributed by atoms with E-state index in [1.54, 1.807) is 13.8 Å². The Bertz CT molecular complexity index is 626. The van der Waals surface area contributed by atoms with E-state index in [-0.39, 0.29) is 12.1 Å². The molecule has 1 aromatic carbocycles. The van der Waals surface area contributed by atoms with E-state index in [1.165, 1.54) is 0 Å². The van der Waals surface area contributed by atoms with Crippen molar-refractivity contribution in [3.8, 4) is 0 Å². The Morgan fingerprint density at radius 1 is 1.36 bits per heavy atom. The molecular formula is C16H19BrN2O3. The summed E-state index contributed by atoms with van der Waals surface area (Å²) < 4.78 is 6.17. The Hall–Kier alpha value is -1.82. The van der Waals surface area contributed by atoms with E-state index in [0.717, 1.165) is 10.0 Å².